The molecule has 1 unspecified atom stereocenters. The van der Waals surface area contributed by atoms with Gasteiger partial charge in [0.2, 0.25) is 5.79 Å². The summed E-state index contributed by atoms with van der Waals surface area (Å²) in [5, 5.41) is 28.8. The van der Waals surface area contributed by atoms with E-state index in [0.717, 1.165) is 0 Å². The molecule has 24 heavy (non-hydrogen) atoms. The SMILES string of the molecule is O=P(O)(O)OC[C@H]1O[C@](O)(CO)[C@@H](OP(=O)(O)OP(=O)(O)O)[C@@H]1O. The van der Waals surface area contributed by atoms with Crippen molar-refractivity contribution >= 4 is 23.5 Å². The van der Waals surface area contributed by atoms with Crippen LogP contribution in [-0.2, 0) is 31.8 Å². The molecule has 1 saturated heterocycles. The van der Waals surface area contributed by atoms with Crippen molar-refractivity contribution in [2.75, 3.05) is 13.2 Å². The van der Waals surface area contributed by atoms with E-state index < -0.39 is 60.8 Å². The van der Waals surface area contributed by atoms with Crippen LogP contribution < -0.4 is 0 Å². The minimum atomic E-state index is -5.54. The molecule has 0 spiro atoms. The van der Waals surface area contributed by atoms with Gasteiger partial charge in [-0.05, 0) is 0 Å². The van der Waals surface area contributed by atoms with Gasteiger partial charge in [-0.25, -0.2) is 13.7 Å². The molecule has 1 rings (SSSR count). The van der Waals surface area contributed by atoms with Crippen LogP contribution in [0.3, 0.4) is 0 Å². The summed E-state index contributed by atoms with van der Waals surface area (Å²) < 4.78 is 49.0. The topological polar surface area (TPSA) is 250 Å². The number of phosphoric acid groups is 3. The minimum Gasteiger partial charge on any atom is -0.391 e. The number of rotatable bonds is 8. The van der Waals surface area contributed by atoms with Gasteiger partial charge in [-0.2, -0.15) is 4.31 Å². The first kappa shape index (κ1) is 22.3. The first-order valence-electron chi connectivity index (χ1n) is 5.76. The van der Waals surface area contributed by atoms with E-state index in [4.69, 9.17) is 24.7 Å². The van der Waals surface area contributed by atoms with E-state index in [1.807, 2.05) is 0 Å². The van der Waals surface area contributed by atoms with Crippen LogP contribution in [0, 0.1) is 0 Å². The molecule has 0 bridgehead atoms. The van der Waals surface area contributed by atoms with Gasteiger partial charge in [-0.15, -0.1) is 0 Å². The molecule has 0 amide bonds. The lowest BCUT2D eigenvalue weighted by molar-refractivity contribution is -0.244. The van der Waals surface area contributed by atoms with Gasteiger partial charge in [0.1, 0.15) is 12.2 Å². The highest BCUT2D eigenvalue weighted by Crippen LogP contribution is 2.59. The highest BCUT2D eigenvalue weighted by atomic mass is 31.3. The highest BCUT2D eigenvalue weighted by molar-refractivity contribution is 7.60. The van der Waals surface area contributed by atoms with Gasteiger partial charge in [-0.3, -0.25) is 9.05 Å². The van der Waals surface area contributed by atoms with Crippen LogP contribution >= 0.6 is 23.5 Å². The molecule has 1 aliphatic heterocycles. The van der Waals surface area contributed by atoms with Gasteiger partial charge in [0.25, 0.3) is 0 Å². The van der Waals surface area contributed by atoms with Crippen LogP contribution in [0.15, 0.2) is 0 Å². The Morgan fingerprint density at radius 3 is 2.00 bits per heavy atom. The van der Waals surface area contributed by atoms with E-state index in [1.165, 1.54) is 0 Å². The lowest BCUT2D eigenvalue weighted by Gasteiger charge is -2.28. The molecule has 18 heteroatoms. The number of hydrogen-bond acceptors (Lipinski definition) is 10. The van der Waals surface area contributed by atoms with Crippen molar-refractivity contribution in [3.63, 3.8) is 0 Å². The Bertz CT molecular complexity index is 580. The van der Waals surface area contributed by atoms with Crippen LogP contribution in [0.2, 0.25) is 0 Å². The van der Waals surface area contributed by atoms with Gasteiger partial charge < -0.3 is 44.5 Å². The second-order valence-electron chi connectivity index (χ2n) is 4.50. The molecule has 0 saturated carbocycles. The summed E-state index contributed by atoms with van der Waals surface area (Å²) in [5.41, 5.74) is 0. The summed E-state index contributed by atoms with van der Waals surface area (Å²) in [5.74, 6) is -2.86. The van der Waals surface area contributed by atoms with E-state index >= 15 is 0 Å². The van der Waals surface area contributed by atoms with Gasteiger partial charge in [0, 0.05) is 0 Å². The maximum Gasteiger partial charge on any atom is 0.481 e. The molecule has 0 aromatic carbocycles. The molecule has 5 atom stereocenters. The van der Waals surface area contributed by atoms with Gasteiger partial charge in [0.15, 0.2) is 6.10 Å². The van der Waals surface area contributed by atoms with E-state index in [-0.39, 0.29) is 0 Å². The Morgan fingerprint density at radius 1 is 1.04 bits per heavy atom. The number of aliphatic hydroxyl groups excluding tert-OH is 2. The molecule has 0 aromatic heterocycles. The fourth-order valence-corrected chi connectivity index (χ4v) is 3.88. The van der Waals surface area contributed by atoms with Crippen LogP contribution in [0.1, 0.15) is 0 Å². The van der Waals surface area contributed by atoms with Crippen molar-refractivity contribution in [2.45, 2.75) is 24.1 Å². The molecule has 15 nitrogen and oxygen atoms in total. The smallest absolute Gasteiger partial charge is 0.391 e. The largest absolute Gasteiger partial charge is 0.481 e. The van der Waals surface area contributed by atoms with Crippen molar-refractivity contribution in [1.29, 1.82) is 0 Å². The van der Waals surface area contributed by atoms with Crippen molar-refractivity contribution in [3.05, 3.63) is 0 Å². The van der Waals surface area contributed by atoms with Crippen LogP contribution in [0.4, 0.5) is 0 Å². The molecule has 1 fully saturated rings. The Morgan fingerprint density at radius 2 is 1.58 bits per heavy atom. The van der Waals surface area contributed by atoms with E-state index in [0.29, 0.717) is 0 Å². The quantitative estimate of drug-likeness (QED) is 0.184. The Kier molecular flexibility index (Phi) is 6.90. The van der Waals surface area contributed by atoms with Crippen molar-refractivity contribution in [2.24, 2.45) is 0 Å². The second kappa shape index (κ2) is 7.45. The zero-order chi connectivity index (χ0) is 19.0. The molecule has 1 aliphatic rings. The average molecular weight is 420 g/mol. The standard InChI is InChI=1S/C6H15O15P3/c7-2-6(9)5(20-24(16,17)21-23(13,14)15)4(8)3(19-6)1-18-22(10,11)12/h3-5,7-9H,1-2H2,(H,16,17)(H2,10,11,12)(H2,13,14,15)/t3-,4-,5+,6-/m1/s1. The summed E-state index contributed by atoms with van der Waals surface area (Å²) >= 11 is 0. The second-order valence-corrected chi connectivity index (χ2v) is 8.52. The maximum absolute atomic E-state index is 11.5. The third kappa shape index (κ3) is 6.50. The minimum absolute atomic E-state index is 1.03. The molecule has 8 N–H and O–H groups in total. The lowest BCUT2D eigenvalue weighted by Crippen LogP contribution is -2.47. The summed E-state index contributed by atoms with van der Waals surface area (Å²) in [4.78, 5) is 43.2. The number of hydrogen-bond donors (Lipinski definition) is 8. The Hall–Kier alpha value is 0.210. The summed E-state index contributed by atoms with van der Waals surface area (Å²) in [6.07, 6.45) is -6.13. The van der Waals surface area contributed by atoms with Gasteiger partial charge >= 0.3 is 23.5 Å². The van der Waals surface area contributed by atoms with E-state index in [1.54, 1.807) is 0 Å². The highest BCUT2D eigenvalue weighted by Gasteiger charge is 2.58. The molecular formula is C6H15O15P3. The average Bonchev–Trinajstić information content (AvgIpc) is 2.57. The summed E-state index contributed by atoms with van der Waals surface area (Å²) in [6.45, 7) is -2.36. The zero-order valence-electron chi connectivity index (χ0n) is 11.4. The Balaban J connectivity index is 2.93. The zero-order valence-corrected chi connectivity index (χ0v) is 14.1. The molecule has 0 aromatic rings. The van der Waals surface area contributed by atoms with E-state index in [9.17, 15) is 28.8 Å². The third-order valence-electron chi connectivity index (χ3n) is 2.58. The Labute approximate surface area is 133 Å². The maximum atomic E-state index is 11.5. The van der Waals surface area contributed by atoms with Crippen molar-refractivity contribution in [1.82, 2.24) is 0 Å². The van der Waals surface area contributed by atoms with Crippen LogP contribution in [0.5, 0.6) is 0 Å². The van der Waals surface area contributed by atoms with Crippen molar-refractivity contribution < 1.29 is 71.6 Å². The predicted octanol–water partition coefficient (Wildman–Crippen LogP) is -2.87. The molecule has 144 valence electrons. The van der Waals surface area contributed by atoms with Gasteiger partial charge in [0.05, 0.1) is 13.2 Å². The van der Waals surface area contributed by atoms with E-state index in [2.05, 4.69) is 18.1 Å². The molecular weight excluding hydrogens is 405 g/mol. The summed E-state index contributed by atoms with van der Waals surface area (Å²) in [6, 6.07) is 0. The first-order valence-corrected chi connectivity index (χ1v) is 10.3. The third-order valence-corrected chi connectivity index (χ3v) is 5.24. The fraction of sp³-hybridized carbons (Fsp3) is 1.00. The van der Waals surface area contributed by atoms with Crippen LogP contribution in [-0.4, -0.2) is 77.1 Å². The van der Waals surface area contributed by atoms with Gasteiger partial charge in [-0.1, -0.05) is 0 Å². The lowest BCUT2D eigenvalue weighted by atomic mass is 10.1. The number of ether oxygens (including phenoxy) is 1. The monoisotopic (exact) mass is 420 g/mol. The predicted molar refractivity (Wildman–Crippen MR) is 68.7 cm³/mol. The molecule has 0 radical (unpaired) electrons. The number of phosphoric ester groups is 2. The van der Waals surface area contributed by atoms with Crippen molar-refractivity contribution in [3.8, 4) is 0 Å². The normalized spacial score (nSPS) is 34.2. The molecule has 1 heterocycles. The number of aliphatic hydroxyl groups is 3. The summed E-state index contributed by atoms with van der Waals surface area (Å²) in [7, 11) is -16.0. The first-order chi connectivity index (χ1) is 10.6. The molecule has 0 aliphatic carbocycles. The fourth-order valence-electron chi connectivity index (χ4n) is 1.73. The van der Waals surface area contributed by atoms with Crippen LogP contribution in [0.25, 0.3) is 0 Å².